The van der Waals surface area contributed by atoms with E-state index in [1.807, 2.05) is 13.0 Å². The highest BCUT2D eigenvalue weighted by Crippen LogP contribution is 2.69. The topological polar surface area (TPSA) is 20.3 Å². The van der Waals surface area contributed by atoms with Crippen molar-refractivity contribution >= 4 is 11.5 Å². The molecule has 2 fully saturated rings. The molecule has 0 heterocycles. The Morgan fingerprint density at radius 2 is 1.79 bits per heavy atom. The van der Waals surface area contributed by atoms with Gasteiger partial charge in [0.15, 0.2) is 5.78 Å². The van der Waals surface area contributed by atoms with Crippen LogP contribution in [0.2, 0.25) is 0 Å². The van der Waals surface area contributed by atoms with Crippen molar-refractivity contribution in [2.75, 3.05) is 11.9 Å². The lowest BCUT2D eigenvalue weighted by Gasteiger charge is -2.54. The van der Waals surface area contributed by atoms with Crippen molar-refractivity contribution in [1.82, 2.24) is 0 Å². The standard InChI is InChI=1S/C32H41NO/c1-7-17-31(4)18-16-29-27-14-10-23-19-25(34)13-15-26(23)30(27)28(20-32(29,31)5)22-8-11-24(12-9-22)33(6)21(2)3/h8-9,11-12,19,21,27-29H,10,13-16,18,20H2,1-6H3/t27-,28+,29-,31+,32-/m0/s1. The lowest BCUT2D eigenvalue weighted by atomic mass is 9.49. The quantitative estimate of drug-likeness (QED) is 0.441. The maximum absolute atomic E-state index is 12.3. The largest absolute Gasteiger partial charge is 0.372 e. The summed E-state index contributed by atoms with van der Waals surface area (Å²) >= 11 is 0. The summed E-state index contributed by atoms with van der Waals surface area (Å²) in [5.74, 6) is 9.07. The zero-order chi connectivity index (χ0) is 24.3. The Bertz CT molecular complexity index is 1110. The lowest BCUT2D eigenvalue weighted by Crippen LogP contribution is -2.46. The second-order valence-electron chi connectivity index (χ2n) is 12.0. The molecule has 5 rings (SSSR count). The first kappa shape index (κ1) is 23.5. The average molecular weight is 456 g/mol. The van der Waals surface area contributed by atoms with Gasteiger partial charge in [0.05, 0.1) is 0 Å². The van der Waals surface area contributed by atoms with E-state index in [4.69, 9.17) is 0 Å². The number of rotatable bonds is 3. The van der Waals surface area contributed by atoms with E-state index in [1.165, 1.54) is 42.5 Å². The Hall–Kier alpha value is -2.27. The summed E-state index contributed by atoms with van der Waals surface area (Å²) in [5.41, 5.74) is 7.60. The van der Waals surface area contributed by atoms with Gasteiger partial charge in [-0.25, -0.2) is 0 Å². The van der Waals surface area contributed by atoms with Gasteiger partial charge in [0.2, 0.25) is 0 Å². The molecule has 0 aromatic heterocycles. The average Bonchev–Trinajstić information content (AvgIpc) is 3.08. The molecule has 1 aromatic rings. The molecule has 0 saturated heterocycles. The fraction of sp³-hybridized carbons (Fsp3) is 0.594. The summed E-state index contributed by atoms with van der Waals surface area (Å²) in [4.78, 5) is 14.6. The molecule has 2 nitrogen and oxygen atoms in total. The smallest absolute Gasteiger partial charge is 0.156 e. The molecule has 180 valence electrons. The zero-order valence-corrected chi connectivity index (χ0v) is 22.0. The van der Waals surface area contributed by atoms with Crippen LogP contribution in [0, 0.1) is 34.5 Å². The minimum Gasteiger partial charge on any atom is -0.372 e. The van der Waals surface area contributed by atoms with Crippen LogP contribution in [0.4, 0.5) is 5.69 Å². The highest BCUT2D eigenvalue weighted by Gasteiger charge is 2.61. The SMILES string of the molecule is CC#C[C@]1(C)CC[C@H]2[C@@H]3CCC4=CC(=O)CCC4=C3[C@@H](c3ccc(N(C)C(C)C)cc3)C[C@@]21C. The second kappa shape index (κ2) is 8.44. The molecule has 0 N–H and O–H groups in total. The molecule has 4 aliphatic carbocycles. The number of carbonyl (C=O) groups is 1. The molecule has 0 aliphatic heterocycles. The molecule has 0 spiro atoms. The Morgan fingerprint density at radius 3 is 2.47 bits per heavy atom. The summed E-state index contributed by atoms with van der Waals surface area (Å²) < 4.78 is 0. The van der Waals surface area contributed by atoms with Crippen LogP contribution in [0.3, 0.4) is 0 Å². The third-order valence-corrected chi connectivity index (χ3v) is 10.2. The fourth-order valence-corrected chi connectivity index (χ4v) is 7.92. The van der Waals surface area contributed by atoms with Gasteiger partial charge in [0, 0.05) is 36.5 Å². The Kier molecular flexibility index (Phi) is 5.83. The van der Waals surface area contributed by atoms with Crippen molar-refractivity contribution < 1.29 is 4.79 Å². The Balaban J connectivity index is 1.64. The number of hydrogen-bond acceptors (Lipinski definition) is 2. The number of hydrogen-bond donors (Lipinski definition) is 0. The van der Waals surface area contributed by atoms with Gasteiger partial charge in [-0.1, -0.05) is 30.6 Å². The van der Waals surface area contributed by atoms with E-state index >= 15 is 0 Å². The van der Waals surface area contributed by atoms with Crippen LogP contribution in [-0.4, -0.2) is 18.9 Å². The number of ketones is 1. The predicted octanol–water partition coefficient (Wildman–Crippen LogP) is 7.46. The van der Waals surface area contributed by atoms with E-state index in [0.717, 1.165) is 12.8 Å². The van der Waals surface area contributed by atoms with Crippen LogP contribution < -0.4 is 4.90 Å². The van der Waals surface area contributed by atoms with Gasteiger partial charge in [-0.05, 0) is 118 Å². The van der Waals surface area contributed by atoms with E-state index in [-0.39, 0.29) is 10.8 Å². The van der Waals surface area contributed by atoms with Gasteiger partial charge in [-0.3, -0.25) is 4.79 Å². The van der Waals surface area contributed by atoms with Gasteiger partial charge < -0.3 is 4.90 Å². The number of anilines is 1. The first-order valence-corrected chi connectivity index (χ1v) is 13.4. The van der Waals surface area contributed by atoms with Gasteiger partial charge in [0.25, 0.3) is 0 Å². The molecule has 0 radical (unpaired) electrons. The molecule has 0 bridgehead atoms. The van der Waals surface area contributed by atoms with Crippen molar-refractivity contribution in [2.24, 2.45) is 22.7 Å². The molecular weight excluding hydrogens is 414 g/mol. The Labute approximate surface area is 206 Å². The fourth-order valence-electron chi connectivity index (χ4n) is 7.92. The van der Waals surface area contributed by atoms with Gasteiger partial charge >= 0.3 is 0 Å². The van der Waals surface area contributed by atoms with Crippen molar-refractivity contribution in [3.05, 3.63) is 52.6 Å². The highest BCUT2D eigenvalue weighted by molar-refractivity contribution is 5.93. The third kappa shape index (κ3) is 3.50. The first-order chi connectivity index (χ1) is 16.2. The van der Waals surface area contributed by atoms with Crippen molar-refractivity contribution in [3.8, 4) is 11.8 Å². The highest BCUT2D eigenvalue weighted by atomic mass is 16.1. The van der Waals surface area contributed by atoms with Gasteiger partial charge in [-0.2, -0.15) is 0 Å². The van der Waals surface area contributed by atoms with E-state index in [1.54, 1.807) is 11.1 Å². The summed E-state index contributed by atoms with van der Waals surface area (Å²) in [5, 5.41) is 0. The summed E-state index contributed by atoms with van der Waals surface area (Å²) in [6, 6.07) is 9.88. The third-order valence-electron chi connectivity index (χ3n) is 10.2. The van der Waals surface area contributed by atoms with Crippen LogP contribution in [0.5, 0.6) is 0 Å². The molecule has 5 atom stereocenters. The predicted molar refractivity (Wildman–Crippen MR) is 142 cm³/mol. The number of nitrogens with zero attached hydrogens (tertiary/aromatic N) is 1. The van der Waals surface area contributed by atoms with Crippen LogP contribution in [0.15, 0.2) is 47.1 Å². The molecular formula is C32H41NO. The summed E-state index contributed by atoms with van der Waals surface area (Å²) in [6.07, 6.45) is 9.53. The van der Waals surface area contributed by atoms with Crippen LogP contribution in [0.1, 0.15) is 91.0 Å². The number of carbonyl (C=O) groups excluding carboxylic acids is 1. The molecule has 0 amide bonds. The lowest BCUT2D eigenvalue weighted by molar-refractivity contribution is -0.114. The molecule has 2 heteroatoms. The monoisotopic (exact) mass is 455 g/mol. The Morgan fingerprint density at radius 1 is 1.06 bits per heavy atom. The minimum absolute atomic E-state index is 0.0807. The maximum atomic E-state index is 12.3. The molecule has 1 aromatic carbocycles. The van der Waals surface area contributed by atoms with E-state index < -0.39 is 0 Å². The zero-order valence-electron chi connectivity index (χ0n) is 22.0. The first-order valence-electron chi connectivity index (χ1n) is 13.4. The number of fused-ring (bicyclic) bond motifs is 4. The molecule has 34 heavy (non-hydrogen) atoms. The van der Waals surface area contributed by atoms with Crippen LogP contribution >= 0.6 is 0 Å². The number of benzene rings is 1. The van der Waals surface area contributed by atoms with Crippen molar-refractivity contribution in [2.45, 2.75) is 91.5 Å². The summed E-state index contributed by atoms with van der Waals surface area (Å²) in [7, 11) is 2.18. The van der Waals surface area contributed by atoms with Gasteiger partial charge in [-0.15, -0.1) is 5.92 Å². The molecule has 0 unspecified atom stereocenters. The van der Waals surface area contributed by atoms with E-state index in [0.29, 0.717) is 36.0 Å². The van der Waals surface area contributed by atoms with Gasteiger partial charge in [0.1, 0.15) is 0 Å². The van der Waals surface area contributed by atoms with E-state index in [2.05, 4.69) is 75.7 Å². The van der Waals surface area contributed by atoms with Crippen molar-refractivity contribution in [3.63, 3.8) is 0 Å². The maximum Gasteiger partial charge on any atom is 0.156 e. The van der Waals surface area contributed by atoms with Crippen LogP contribution in [-0.2, 0) is 4.79 Å². The summed E-state index contributed by atoms with van der Waals surface area (Å²) in [6.45, 7) is 11.5. The normalized spacial score (nSPS) is 34.6. The minimum atomic E-state index is 0.0807. The molecule has 4 aliphatic rings. The second-order valence-corrected chi connectivity index (χ2v) is 12.0. The van der Waals surface area contributed by atoms with Crippen molar-refractivity contribution in [1.29, 1.82) is 0 Å². The van der Waals surface area contributed by atoms with Crippen LogP contribution in [0.25, 0.3) is 0 Å². The molecule has 2 saturated carbocycles. The number of allylic oxidation sites excluding steroid dienone is 4. The van der Waals surface area contributed by atoms with E-state index in [9.17, 15) is 4.79 Å².